The first kappa shape index (κ1) is 8.81. The molecule has 1 aromatic rings. The van der Waals surface area contributed by atoms with Crippen molar-refractivity contribution in [2.24, 2.45) is 0 Å². The van der Waals surface area contributed by atoms with Gasteiger partial charge in [-0.2, -0.15) is 0 Å². The number of carbonyl (C=O) groups is 1. The number of benzene rings is 1. The van der Waals surface area contributed by atoms with Gasteiger partial charge in [-0.1, -0.05) is 30.3 Å². The van der Waals surface area contributed by atoms with Gasteiger partial charge in [-0.05, 0) is 11.6 Å². The highest BCUT2D eigenvalue weighted by atomic mass is 16.6. The van der Waals surface area contributed by atoms with Crippen LogP contribution in [0.4, 0.5) is 4.79 Å². The average Bonchev–Trinajstić information content (AvgIpc) is 2.47. The molecule has 1 heterocycles. The summed E-state index contributed by atoms with van der Waals surface area (Å²) < 4.78 is 5.03. The molecule has 0 unspecified atom stereocenters. The molecular weight excluding hydrogens is 178 g/mol. The van der Waals surface area contributed by atoms with Crippen LogP contribution in [0.25, 0.3) is 6.08 Å². The van der Waals surface area contributed by atoms with Crippen LogP contribution in [0.3, 0.4) is 0 Å². The molecule has 0 aliphatic carbocycles. The molecule has 14 heavy (non-hydrogen) atoms. The van der Waals surface area contributed by atoms with Gasteiger partial charge in [0.15, 0.2) is 0 Å². The van der Waals surface area contributed by atoms with E-state index in [-0.39, 0.29) is 6.09 Å². The predicted octanol–water partition coefficient (Wildman–Crippen LogP) is 2.11. The number of hydrogen-bond acceptors (Lipinski definition) is 2. The minimum atomic E-state index is -0.285. The largest absolute Gasteiger partial charge is 0.415 e. The number of cyclic esters (lactones) is 1. The van der Waals surface area contributed by atoms with Crippen LogP contribution in [-0.4, -0.2) is 24.6 Å². The number of likely N-dealkylation sites (N-methyl/N-ethyl adjacent to an activating group) is 1. The first-order valence-electron chi connectivity index (χ1n) is 4.44. The second-order valence-electron chi connectivity index (χ2n) is 3.25. The Labute approximate surface area is 82.6 Å². The van der Waals surface area contributed by atoms with Crippen LogP contribution in [0.15, 0.2) is 36.1 Å². The lowest BCUT2D eigenvalue weighted by Gasteiger charge is -1.98. The van der Waals surface area contributed by atoms with E-state index in [0.29, 0.717) is 12.3 Å². The van der Waals surface area contributed by atoms with E-state index in [0.717, 1.165) is 5.56 Å². The molecule has 2 rings (SSSR count). The molecule has 1 fully saturated rings. The Morgan fingerprint density at radius 1 is 1.36 bits per heavy atom. The van der Waals surface area contributed by atoms with Crippen molar-refractivity contribution in [1.29, 1.82) is 0 Å². The Balaban J connectivity index is 2.17. The Morgan fingerprint density at radius 3 is 2.64 bits per heavy atom. The van der Waals surface area contributed by atoms with E-state index in [9.17, 15) is 4.79 Å². The van der Waals surface area contributed by atoms with Gasteiger partial charge < -0.3 is 9.64 Å². The highest BCUT2D eigenvalue weighted by Gasteiger charge is 2.22. The molecule has 1 aliphatic rings. The zero-order chi connectivity index (χ0) is 9.97. The fourth-order valence-electron chi connectivity index (χ4n) is 1.33. The molecule has 0 N–H and O–H groups in total. The summed E-state index contributed by atoms with van der Waals surface area (Å²) in [7, 11) is 1.72. The molecule has 1 amide bonds. The third kappa shape index (κ3) is 1.76. The van der Waals surface area contributed by atoms with Crippen molar-refractivity contribution in [1.82, 2.24) is 4.90 Å². The molecule has 1 aliphatic heterocycles. The Morgan fingerprint density at radius 2 is 2.07 bits per heavy atom. The van der Waals surface area contributed by atoms with E-state index in [4.69, 9.17) is 4.74 Å². The Kier molecular flexibility index (Phi) is 2.23. The van der Waals surface area contributed by atoms with Gasteiger partial charge in [0.25, 0.3) is 0 Å². The van der Waals surface area contributed by atoms with Crippen LogP contribution in [0.1, 0.15) is 5.56 Å². The summed E-state index contributed by atoms with van der Waals surface area (Å²) in [6.07, 6.45) is 1.59. The van der Waals surface area contributed by atoms with E-state index >= 15 is 0 Å². The summed E-state index contributed by atoms with van der Waals surface area (Å²) in [6, 6.07) is 9.80. The summed E-state index contributed by atoms with van der Waals surface area (Å²) >= 11 is 0. The van der Waals surface area contributed by atoms with Crippen molar-refractivity contribution < 1.29 is 9.53 Å². The summed E-state index contributed by atoms with van der Waals surface area (Å²) in [6.45, 7) is 0.549. The van der Waals surface area contributed by atoms with Gasteiger partial charge in [-0.25, -0.2) is 4.79 Å². The summed E-state index contributed by atoms with van der Waals surface area (Å²) in [4.78, 5) is 12.6. The zero-order valence-corrected chi connectivity index (χ0v) is 7.93. The van der Waals surface area contributed by atoms with Gasteiger partial charge in [0.1, 0.15) is 5.76 Å². The molecule has 3 heteroatoms. The highest BCUT2D eigenvalue weighted by molar-refractivity contribution is 5.73. The summed E-state index contributed by atoms with van der Waals surface area (Å²) in [5, 5.41) is 0. The number of rotatable bonds is 1. The van der Waals surface area contributed by atoms with Crippen LogP contribution < -0.4 is 0 Å². The topological polar surface area (TPSA) is 29.5 Å². The van der Waals surface area contributed by atoms with Gasteiger partial charge >= 0.3 is 6.09 Å². The maximum atomic E-state index is 11.0. The van der Waals surface area contributed by atoms with E-state index in [1.165, 1.54) is 4.90 Å². The van der Waals surface area contributed by atoms with Crippen molar-refractivity contribution in [3.63, 3.8) is 0 Å². The Hall–Kier alpha value is -1.77. The number of carbonyl (C=O) groups excluding carboxylic acids is 1. The van der Waals surface area contributed by atoms with Crippen LogP contribution in [0.5, 0.6) is 0 Å². The van der Waals surface area contributed by atoms with E-state index in [1.54, 1.807) is 7.05 Å². The molecule has 0 radical (unpaired) electrons. The number of hydrogen-bond donors (Lipinski definition) is 0. The molecule has 1 saturated heterocycles. The summed E-state index contributed by atoms with van der Waals surface area (Å²) in [5.41, 5.74) is 1.05. The molecule has 0 bridgehead atoms. The normalized spacial score (nSPS) is 18.8. The van der Waals surface area contributed by atoms with E-state index < -0.39 is 0 Å². The van der Waals surface area contributed by atoms with Crippen molar-refractivity contribution in [2.45, 2.75) is 0 Å². The fraction of sp³-hybridized carbons (Fsp3) is 0.182. The molecule has 1 aromatic carbocycles. The van der Waals surface area contributed by atoms with Gasteiger partial charge in [0, 0.05) is 7.05 Å². The van der Waals surface area contributed by atoms with E-state index in [1.807, 2.05) is 36.4 Å². The van der Waals surface area contributed by atoms with E-state index in [2.05, 4.69) is 0 Å². The smallest absolute Gasteiger partial charge is 0.413 e. The van der Waals surface area contributed by atoms with Crippen LogP contribution >= 0.6 is 0 Å². The van der Waals surface area contributed by atoms with Gasteiger partial charge in [0.2, 0.25) is 0 Å². The highest BCUT2D eigenvalue weighted by Crippen LogP contribution is 2.15. The molecule has 0 spiro atoms. The van der Waals surface area contributed by atoms with Crippen molar-refractivity contribution in [2.75, 3.05) is 13.6 Å². The maximum Gasteiger partial charge on any atom is 0.415 e. The molecule has 0 saturated carbocycles. The van der Waals surface area contributed by atoms with Crippen molar-refractivity contribution in [3.8, 4) is 0 Å². The lowest BCUT2D eigenvalue weighted by atomic mass is 10.2. The second-order valence-corrected chi connectivity index (χ2v) is 3.25. The minimum Gasteiger partial charge on any atom is -0.413 e. The predicted molar refractivity (Wildman–Crippen MR) is 53.5 cm³/mol. The second kappa shape index (κ2) is 3.54. The number of nitrogens with zero attached hydrogens (tertiary/aromatic N) is 1. The monoisotopic (exact) mass is 189 g/mol. The zero-order valence-electron chi connectivity index (χ0n) is 7.93. The molecule has 0 aromatic heterocycles. The minimum absolute atomic E-state index is 0.285. The van der Waals surface area contributed by atoms with Crippen LogP contribution in [-0.2, 0) is 4.74 Å². The van der Waals surface area contributed by atoms with Gasteiger partial charge in [-0.3, -0.25) is 0 Å². The quantitative estimate of drug-likeness (QED) is 0.677. The van der Waals surface area contributed by atoms with Crippen molar-refractivity contribution in [3.05, 3.63) is 41.7 Å². The number of ether oxygens (including phenoxy) is 1. The third-order valence-electron chi connectivity index (χ3n) is 2.05. The van der Waals surface area contributed by atoms with Crippen LogP contribution in [0.2, 0.25) is 0 Å². The lowest BCUT2D eigenvalue weighted by Crippen LogP contribution is -2.17. The average molecular weight is 189 g/mol. The summed E-state index contributed by atoms with van der Waals surface area (Å²) in [5.74, 6) is 0.698. The molecular formula is C11H11NO2. The van der Waals surface area contributed by atoms with Crippen LogP contribution in [0, 0.1) is 0 Å². The van der Waals surface area contributed by atoms with Crippen molar-refractivity contribution >= 4 is 12.2 Å². The van der Waals surface area contributed by atoms with Gasteiger partial charge in [-0.15, -0.1) is 0 Å². The number of amides is 1. The Bertz CT molecular complexity index is 370. The molecule has 0 atom stereocenters. The first-order valence-corrected chi connectivity index (χ1v) is 4.44. The molecule has 72 valence electrons. The standard InChI is InChI=1S/C11H11NO2/c1-12-8-10(14-11(12)13)7-9-5-3-2-4-6-9/h2-7H,8H2,1H3/b10-7-. The maximum absolute atomic E-state index is 11.0. The lowest BCUT2D eigenvalue weighted by molar-refractivity contribution is 0.175. The fourth-order valence-corrected chi connectivity index (χ4v) is 1.33. The first-order chi connectivity index (χ1) is 6.75. The SMILES string of the molecule is CN1C/C(=C/c2ccccc2)OC1=O. The molecule has 3 nitrogen and oxygen atoms in total. The van der Waals surface area contributed by atoms with Gasteiger partial charge in [0.05, 0.1) is 6.54 Å². The third-order valence-corrected chi connectivity index (χ3v) is 2.05.